The standard InChI is InChI=1S/C19H18ClN3O2S/c1-11-8-12(2)10-16(9-11)25-13(3)17(24)21-19-23-22-18(26-19)14-4-6-15(20)7-5-14/h4-10,13H,1-3H3,(H,21,23,24)/t13-/m0/s1. The molecule has 134 valence electrons. The van der Waals surface area contributed by atoms with Crippen LogP contribution in [0.3, 0.4) is 0 Å². The fourth-order valence-corrected chi connectivity index (χ4v) is 3.33. The van der Waals surface area contributed by atoms with Gasteiger partial charge < -0.3 is 4.74 Å². The van der Waals surface area contributed by atoms with Crippen LogP contribution in [0.25, 0.3) is 10.6 Å². The van der Waals surface area contributed by atoms with Gasteiger partial charge in [-0.2, -0.15) is 0 Å². The Kier molecular flexibility index (Phi) is 5.54. The summed E-state index contributed by atoms with van der Waals surface area (Å²) in [4.78, 5) is 12.4. The molecule has 1 atom stereocenters. The lowest BCUT2D eigenvalue weighted by Gasteiger charge is -2.14. The van der Waals surface area contributed by atoms with Crippen molar-refractivity contribution in [1.82, 2.24) is 10.2 Å². The lowest BCUT2D eigenvalue weighted by molar-refractivity contribution is -0.122. The highest BCUT2D eigenvalue weighted by Gasteiger charge is 2.17. The number of carbonyl (C=O) groups excluding carboxylic acids is 1. The van der Waals surface area contributed by atoms with Crippen LogP contribution in [-0.4, -0.2) is 22.2 Å². The van der Waals surface area contributed by atoms with Crippen LogP contribution in [0.5, 0.6) is 5.75 Å². The smallest absolute Gasteiger partial charge is 0.266 e. The lowest BCUT2D eigenvalue weighted by atomic mass is 10.1. The van der Waals surface area contributed by atoms with E-state index in [9.17, 15) is 4.79 Å². The van der Waals surface area contributed by atoms with Gasteiger partial charge in [0.2, 0.25) is 5.13 Å². The number of benzene rings is 2. The van der Waals surface area contributed by atoms with Gasteiger partial charge in [-0.05, 0) is 56.2 Å². The average Bonchev–Trinajstić information content (AvgIpc) is 3.03. The first kappa shape index (κ1) is 18.4. The maximum atomic E-state index is 12.4. The molecule has 26 heavy (non-hydrogen) atoms. The Morgan fingerprint density at radius 3 is 2.42 bits per heavy atom. The van der Waals surface area contributed by atoms with Crippen molar-refractivity contribution in [3.05, 3.63) is 58.6 Å². The van der Waals surface area contributed by atoms with E-state index >= 15 is 0 Å². The van der Waals surface area contributed by atoms with E-state index in [1.54, 1.807) is 19.1 Å². The SMILES string of the molecule is Cc1cc(C)cc(O[C@@H](C)C(=O)Nc2nnc(-c3ccc(Cl)cc3)s2)c1. The summed E-state index contributed by atoms with van der Waals surface area (Å²) < 4.78 is 5.74. The first-order valence-electron chi connectivity index (χ1n) is 8.06. The summed E-state index contributed by atoms with van der Waals surface area (Å²) in [5, 5.41) is 12.7. The molecule has 0 radical (unpaired) electrons. The van der Waals surface area contributed by atoms with Crippen LogP contribution in [0.1, 0.15) is 18.1 Å². The molecule has 3 rings (SSSR count). The molecule has 0 saturated carbocycles. The second kappa shape index (κ2) is 7.85. The highest BCUT2D eigenvalue weighted by molar-refractivity contribution is 7.18. The van der Waals surface area contributed by atoms with Gasteiger partial charge >= 0.3 is 0 Å². The molecule has 0 fully saturated rings. The molecule has 1 amide bonds. The van der Waals surface area contributed by atoms with Crippen molar-refractivity contribution in [2.75, 3.05) is 5.32 Å². The number of hydrogen-bond donors (Lipinski definition) is 1. The minimum atomic E-state index is -0.654. The molecule has 0 aliphatic carbocycles. The van der Waals surface area contributed by atoms with Crippen molar-refractivity contribution < 1.29 is 9.53 Å². The zero-order chi connectivity index (χ0) is 18.7. The highest BCUT2D eigenvalue weighted by atomic mass is 35.5. The lowest BCUT2D eigenvalue weighted by Crippen LogP contribution is -2.30. The number of hydrogen-bond acceptors (Lipinski definition) is 5. The van der Waals surface area contributed by atoms with Crippen LogP contribution in [0, 0.1) is 13.8 Å². The number of aryl methyl sites for hydroxylation is 2. The Bertz CT molecular complexity index is 905. The van der Waals surface area contributed by atoms with Crippen LogP contribution in [0.2, 0.25) is 5.02 Å². The van der Waals surface area contributed by atoms with Crippen LogP contribution in [0.4, 0.5) is 5.13 Å². The molecule has 0 saturated heterocycles. The van der Waals surface area contributed by atoms with Gasteiger partial charge in [0.1, 0.15) is 10.8 Å². The molecule has 5 nitrogen and oxygen atoms in total. The Morgan fingerprint density at radius 1 is 1.12 bits per heavy atom. The zero-order valence-corrected chi connectivity index (χ0v) is 16.2. The Morgan fingerprint density at radius 2 is 1.77 bits per heavy atom. The molecule has 1 aromatic heterocycles. The Balaban J connectivity index is 1.65. The topological polar surface area (TPSA) is 64.1 Å². The van der Waals surface area contributed by atoms with Crippen LogP contribution in [-0.2, 0) is 4.79 Å². The van der Waals surface area contributed by atoms with Gasteiger partial charge in [-0.15, -0.1) is 10.2 Å². The van der Waals surface area contributed by atoms with E-state index in [0.717, 1.165) is 16.7 Å². The molecule has 0 unspecified atom stereocenters. The Labute approximate surface area is 161 Å². The first-order chi connectivity index (χ1) is 12.4. The zero-order valence-electron chi connectivity index (χ0n) is 14.6. The number of halogens is 1. The van der Waals surface area contributed by atoms with Crippen molar-refractivity contribution in [2.45, 2.75) is 26.9 Å². The van der Waals surface area contributed by atoms with Crippen molar-refractivity contribution >= 4 is 34.0 Å². The van der Waals surface area contributed by atoms with Crippen LogP contribution in [0.15, 0.2) is 42.5 Å². The predicted octanol–water partition coefficient (Wildman–Crippen LogP) is 4.88. The summed E-state index contributed by atoms with van der Waals surface area (Å²) in [6.07, 6.45) is -0.654. The van der Waals surface area contributed by atoms with Crippen molar-refractivity contribution in [2.24, 2.45) is 0 Å². The third-order valence-corrected chi connectivity index (χ3v) is 4.76. The van der Waals surface area contributed by atoms with E-state index in [0.29, 0.717) is 20.9 Å². The molecular formula is C19H18ClN3O2S. The number of nitrogens with zero attached hydrogens (tertiary/aromatic N) is 2. The van der Waals surface area contributed by atoms with Crippen LogP contribution < -0.4 is 10.1 Å². The fourth-order valence-electron chi connectivity index (χ4n) is 2.45. The molecule has 7 heteroatoms. The third-order valence-electron chi connectivity index (χ3n) is 3.62. The van der Waals surface area contributed by atoms with Crippen molar-refractivity contribution in [1.29, 1.82) is 0 Å². The van der Waals surface area contributed by atoms with Gasteiger partial charge in [-0.1, -0.05) is 41.1 Å². The molecule has 0 spiro atoms. The summed E-state index contributed by atoms with van der Waals surface area (Å²) in [5.74, 6) is 0.396. The van der Waals surface area contributed by atoms with Gasteiger partial charge in [0.05, 0.1) is 0 Å². The number of amides is 1. The highest BCUT2D eigenvalue weighted by Crippen LogP contribution is 2.27. The monoisotopic (exact) mass is 387 g/mol. The van der Waals surface area contributed by atoms with E-state index in [1.165, 1.54) is 11.3 Å². The van der Waals surface area contributed by atoms with Gasteiger partial charge in [-0.3, -0.25) is 10.1 Å². The van der Waals surface area contributed by atoms with E-state index in [4.69, 9.17) is 16.3 Å². The predicted molar refractivity (Wildman–Crippen MR) is 105 cm³/mol. The first-order valence-corrected chi connectivity index (χ1v) is 9.25. The molecule has 0 aliphatic rings. The van der Waals surface area contributed by atoms with Crippen molar-refractivity contribution in [3.8, 4) is 16.3 Å². The third kappa shape index (κ3) is 4.59. The quantitative estimate of drug-likeness (QED) is 0.677. The summed E-state index contributed by atoms with van der Waals surface area (Å²) in [6.45, 7) is 5.68. The number of carbonyl (C=O) groups is 1. The summed E-state index contributed by atoms with van der Waals surface area (Å²) in [5.41, 5.74) is 3.07. The second-order valence-corrected chi connectivity index (χ2v) is 7.41. The maximum Gasteiger partial charge on any atom is 0.266 e. The summed E-state index contributed by atoms with van der Waals surface area (Å²) in [6, 6.07) is 13.2. The maximum absolute atomic E-state index is 12.4. The second-order valence-electron chi connectivity index (χ2n) is 5.99. The molecule has 2 aromatic carbocycles. The van der Waals surface area contributed by atoms with E-state index in [2.05, 4.69) is 21.6 Å². The summed E-state index contributed by atoms with van der Waals surface area (Å²) in [7, 11) is 0. The minimum absolute atomic E-state index is 0.275. The van der Waals surface area contributed by atoms with Gasteiger partial charge in [-0.25, -0.2) is 0 Å². The van der Waals surface area contributed by atoms with E-state index in [-0.39, 0.29) is 5.91 Å². The van der Waals surface area contributed by atoms with Gasteiger partial charge in [0.25, 0.3) is 5.91 Å². The molecular weight excluding hydrogens is 370 g/mol. The Hall–Kier alpha value is -2.44. The average molecular weight is 388 g/mol. The fraction of sp³-hybridized carbons (Fsp3) is 0.211. The van der Waals surface area contributed by atoms with Crippen molar-refractivity contribution in [3.63, 3.8) is 0 Å². The number of ether oxygens (including phenoxy) is 1. The number of rotatable bonds is 5. The van der Waals surface area contributed by atoms with E-state index in [1.807, 2.05) is 38.1 Å². The molecule has 0 aliphatic heterocycles. The van der Waals surface area contributed by atoms with Gasteiger partial charge in [0.15, 0.2) is 6.10 Å². The number of anilines is 1. The molecule has 1 heterocycles. The van der Waals surface area contributed by atoms with Gasteiger partial charge in [0, 0.05) is 10.6 Å². The normalized spacial score (nSPS) is 11.8. The largest absolute Gasteiger partial charge is 0.481 e. The summed E-state index contributed by atoms with van der Waals surface area (Å²) >= 11 is 7.19. The molecule has 1 N–H and O–H groups in total. The number of aromatic nitrogens is 2. The van der Waals surface area contributed by atoms with Crippen LogP contribution >= 0.6 is 22.9 Å². The number of nitrogens with one attached hydrogen (secondary N) is 1. The minimum Gasteiger partial charge on any atom is -0.481 e. The molecule has 3 aromatic rings. The molecule has 0 bridgehead atoms. The van der Waals surface area contributed by atoms with E-state index < -0.39 is 6.10 Å².